The van der Waals surface area contributed by atoms with Gasteiger partial charge in [0.15, 0.2) is 11.6 Å². The molecule has 2 atom stereocenters. The van der Waals surface area contributed by atoms with E-state index in [9.17, 15) is 9.18 Å². The van der Waals surface area contributed by atoms with E-state index in [-0.39, 0.29) is 24.1 Å². The minimum Gasteiger partial charge on any atom is -0.453 e. The summed E-state index contributed by atoms with van der Waals surface area (Å²) in [5.41, 5.74) is 6.46. The highest BCUT2D eigenvalue weighted by Gasteiger charge is 2.37. The number of pyridine rings is 1. The molecule has 1 saturated carbocycles. The number of carbonyl (C=O) groups excluding carboxylic acids is 1. The lowest BCUT2D eigenvalue weighted by Gasteiger charge is -2.37. The first-order valence-electron chi connectivity index (χ1n) is 8.88. The molecule has 0 spiro atoms. The van der Waals surface area contributed by atoms with E-state index in [1.807, 2.05) is 6.92 Å². The Labute approximate surface area is 152 Å². The van der Waals surface area contributed by atoms with Crippen molar-refractivity contribution >= 4 is 5.91 Å². The fourth-order valence-electron chi connectivity index (χ4n) is 3.37. The maximum Gasteiger partial charge on any atom is 0.225 e. The van der Waals surface area contributed by atoms with E-state index < -0.39 is 11.4 Å². The summed E-state index contributed by atoms with van der Waals surface area (Å²) in [5.74, 6) is -0.163. The third-order valence-corrected chi connectivity index (χ3v) is 4.90. The first-order valence-corrected chi connectivity index (χ1v) is 8.88. The molecule has 6 heteroatoms. The lowest BCUT2D eigenvalue weighted by Crippen LogP contribution is -2.52. The summed E-state index contributed by atoms with van der Waals surface area (Å²) < 4.78 is 19.7. The Morgan fingerprint density at radius 3 is 2.96 bits per heavy atom. The van der Waals surface area contributed by atoms with E-state index in [2.05, 4.69) is 10.3 Å². The molecule has 2 unspecified atom stereocenters. The van der Waals surface area contributed by atoms with Gasteiger partial charge in [-0.15, -0.1) is 0 Å². The van der Waals surface area contributed by atoms with Gasteiger partial charge in [-0.2, -0.15) is 0 Å². The van der Waals surface area contributed by atoms with Crippen molar-refractivity contribution in [2.75, 3.05) is 0 Å². The smallest absolute Gasteiger partial charge is 0.225 e. The van der Waals surface area contributed by atoms with Gasteiger partial charge in [-0.3, -0.25) is 9.78 Å². The van der Waals surface area contributed by atoms with Gasteiger partial charge in [0.05, 0.1) is 12.1 Å². The zero-order valence-corrected chi connectivity index (χ0v) is 14.9. The van der Waals surface area contributed by atoms with E-state index in [1.54, 1.807) is 30.5 Å². The number of benzene rings is 1. The van der Waals surface area contributed by atoms with Crippen molar-refractivity contribution in [1.82, 2.24) is 10.3 Å². The van der Waals surface area contributed by atoms with Crippen LogP contribution in [0.5, 0.6) is 11.5 Å². The van der Waals surface area contributed by atoms with Crippen molar-refractivity contribution in [3.05, 3.63) is 54.1 Å². The Kier molecular flexibility index (Phi) is 5.52. The highest BCUT2D eigenvalue weighted by molar-refractivity contribution is 5.80. The standard InChI is InChI=1S/C20H24FN3O2/c1-20(22)9-3-2-6-16(20)19(25)24-12-14-7-8-18(17(21)11-14)26-15-5-4-10-23-13-15/h4-5,7-8,10-11,13,16H,2-3,6,9,12,22H2,1H3,(H,24,25). The van der Waals surface area contributed by atoms with Gasteiger partial charge in [0.1, 0.15) is 5.75 Å². The molecule has 1 heterocycles. The minimum atomic E-state index is -0.484. The number of nitrogens with zero attached hydrogens (tertiary/aromatic N) is 1. The molecule has 1 fully saturated rings. The van der Waals surface area contributed by atoms with Crippen LogP contribution in [-0.2, 0) is 11.3 Å². The second kappa shape index (κ2) is 7.83. The van der Waals surface area contributed by atoms with Gasteiger partial charge in [0.2, 0.25) is 5.91 Å². The van der Waals surface area contributed by atoms with E-state index in [4.69, 9.17) is 10.5 Å². The molecule has 0 radical (unpaired) electrons. The molecule has 1 amide bonds. The monoisotopic (exact) mass is 357 g/mol. The van der Waals surface area contributed by atoms with Crippen LogP contribution in [0, 0.1) is 11.7 Å². The number of hydrogen-bond donors (Lipinski definition) is 2. The molecule has 2 aromatic rings. The van der Waals surface area contributed by atoms with E-state index in [0.29, 0.717) is 11.3 Å². The summed E-state index contributed by atoms with van der Waals surface area (Å²) in [6, 6.07) is 8.08. The number of carbonyl (C=O) groups is 1. The molecule has 0 saturated heterocycles. The van der Waals surface area contributed by atoms with Gasteiger partial charge in [-0.1, -0.05) is 18.9 Å². The Hall–Kier alpha value is -2.47. The van der Waals surface area contributed by atoms with Crippen LogP contribution in [0.25, 0.3) is 0 Å². The van der Waals surface area contributed by atoms with Crippen molar-refractivity contribution in [2.45, 2.75) is 44.7 Å². The average Bonchev–Trinajstić information content (AvgIpc) is 2.62. The number of ether oxygens (including phenoxy) is 1. The van der Waals surface area contributed by atoms with Crippen molar-refractivity contribution in [1.29, 1.82) is 0 Å². The molecule has 3 rings (SSSR count). The summed E-state index contributed by atoms with van der Waals surface area (Å²) in [4.78, 5) is 16.4. The largest absolute Gasteiger partial charge is 0.453 e. The fraction of sp³-hybridized carbons (Fsp3) is 0.400. The molecule has 0 aliphatic heterocycles. The highest BCUT2D eigenvalue weighted by atomic mass is 19.1. The molecule has 1 aromatic carbocycles. The second-order valence-corrected chi connectivity index (χ2v) is 7.08. The van der Waals surface area contributed by atoms with Crippen molar-refractivity contribution in [3.8, 4) is 11.5 Å². The van der Waals surface area contributed by atoms with Crippen molar-refractivity contribution < 1.29 is 13.9 Å². The molecule has 3 N–H and O–H groups in total. The summed E-state index contributed by atoms with van der Waals surface area (Å²) in [6.07, 6.45) is 6.85. The lowest BCUT2D eigenvalue weighted by molar-refractivity contribution is -0.128. The number of halogens is 1. The first-order chi connectivity index (χ1) is 12.5. The first kappa shape index (κ1) is 18.3. The van der Waals surface area contributed by atoms with E-state index in [1.165, 1.54) is 12.3 Å². The third kappa shape index (κ3) is 4.38. The van der Waals surface area contributed by atoms with Crippen LogP contribution in [0.4, 0.5) is 4.39 Å². The van der Waals surface area contributed by atoms with Gasteiger partial charge < -0.3 is 15.8 Å². The highest BCUT2D eigenvalue weighted by Crippen LogP contribution is 2.31. The number of hydrogen-bond acceptors (Lipinski definition) is 4. The summed E-state index contributed by atoms with van der Waals surface area (Å²) >= 11 is 0. The predicted octanol–water partition coefficient (Wildman–Crippen LogP) is 3.54. The van der Waals surface area contributed by atoms with Gasteiger partial charge >= 0.3 is 0 Å². The lowest BCUT2D eigenvalue weighted by atomic mass is 9.74. The van der Waals surface area contributed by atoms with Crippen LogP contribution in [0.2, 0.25) is 0 Å². The van der Waals surface area contributed by atoms with E-state index >= 15 is 0 Å². The number of nitrogens with one attached hydrogen (secondary N) is 1. The predicted molar refractivity (Wildman–Crippen MR) is 97.1 cm³/mol. The number of rotatable bonds is 5. The molecule has 26 heavy (non-hydrogen) atoms. The zero-order chi connectivity index (χ0) is 18.6. The van der Waals surface area contributed by atoms with Gasteiger partial charge in [-0.25, -0.2) is 4.39 Å². The normalized spacial score (nSPS) is 22.7. The maximum atomic E-state index is 14.3. The molecule has 1 aromatic heterocycles. The molecular weight excluding hydrogens is 333 g/mol. The third-order valence-electron chi connectivity index (χ3n) is 4.90. The molecule has 0 bridgehead atoms. The SMILES string of the molecule is CC1(N)CCCCC1C(=O)NCc1ccc(Oc2cccnc2)c(F)c1. The van der Waals surface area contributed by atoms with Gasteiger partial charge in [-0.05, 0) is 49.6 Å². The molecule has 138 valence electrons. The molecule has 1 aliphatic carbocycles. The second-order valence-electron chi connectivity index (χ2n) is 7.08. The van der Waals surface area contributed by atoms with Crippen LogP contribution in [0.3, 0.4) is 0 Å². The van der Waals surface area contributed by atoms with E-state index in [0.717, 1.165) is 25.7 Å². The van der Waals surface area contributed by atoms with Crippen LogP contribution in [-0.4, -0.2) is 16.4 Å². The molecular formula is C20H24FN3O2. The molecule has 1 aliphatic rings. The van der Waals surface area contributed by atoms with Gasteiger partial charge in [0.25, 0.3) is 0 Å². The fourth-order valence-corrected chi connectivity index (χ4v) is 3.37. The maximum absolute atomic E-state index is 14.3. The Morgan fingerprint density at radius 2 is 2.27 bits per heavy atom. The summed E-state index contributed by atoms with van der Waals surface area (Å²) in [7, 11) is 0. The van der Waals surface area contributed by atoms with Crippen LogP contribution in [0.15, 0.2) is 42.7 Å². The number of amides is 1. The minimum absolute atomic E-state index is 0.0641. The number of nitrogens with two attached hydrogens (primary N) is 1. The average molecular weight is 357 g/mol. The molecule has 5 nitrogen and oxygen atoms in total. The Balaban J connectivity index is 1.60. The van der Waals surface area contributed by atoms with Crippen LogP contribution in [0.1, 0.15) is 38.2 Å². The van der Waals surface area contributed by atoms with Crippen LogP contribution >= 0.6 is 0 Å². The Morgan fingerprint density at radius 1 is 1.42 bits per heavy atom. The summed E-state index contributed by atoms with van der Waals surface area (Å²) in [5, 5.41) is 2.88. The van der Waals surface area contributed by atoms with Gasteiger partial charge in [0, 0.05) is 18.3 Å². The topological polar surface area (TPSA) is 77.2 Å². The van der Waals surface area contributed by atoms with Crippen LogP contribution < -0.4 is 15.8 Å². The quantitative estimate of drug-likeness (QED) is 0.858. The van der Waals surface area contributed by atoms with Crippen molar-refractivity contribution in [3.63, 3.8) is 0 Å². The number of aromatic nitrogens is 1. The van der Waals surface area contributed by atoms with Crippen molar-refractivity contribution in [2.24, 2.45) is 11.7 Å². The summed E-state index contributed by atoms with van der Waals surface area (Å²) in [6.45, 7) is 2.19. The zero-order valence-electron chi connectivity index (χ0n) is 14.9. The Bertz CT molecular complexity index is 765.